The van der Waals surface area contributed by atoms with Crippen molar-refractivity contribution in [2.75, 3.05) is 28.4 Å². The number of nitrogens with zero attached hydrogens (tertiary/aromatic N) is 1. The van der Waals surface area contributed by atoms with Crippen molar-refractivity contribution in [3.8, 4) is 23.0 Å². The maximum absolute atomic E-state index is 9.63. The molecule has 1 aliphatic rings. The van der Waals surface area contributed by atoms with Crippen LogP contribution in [0.2, 0.25) is 0 Å². The van der Waals surface area contributed by atoms with Gasteiger partial charge in [0.1, 0.15) is 0 Å². The zero-order chi connectivity index (χ0) is 21.0. The first-order valence-electron chi connectivity index (χ1n) is 9.47. The molecule has 1 heterocycles. The normalized spacial score (nSPS) is 22.9. The molecule has 2 N–H and O–H groups in total. The molecule has 2 aromatic rings. The van der Waals surface area contributed by atoms with Crippen molar-refractivity contribution in [3.05, 3.63) is 47.5 Å². The molecule has 3 rings (SSSR count). The molecular weight excluding hydrogens is 372 g/mol. The molecule has 0 radical (unpaired) electrons. The quantitative estimate of drug-likeness (QED) is 0.564. The number of nitrogens with one attached hydrogen (secondary N) is 1. The lowest BCUT2D eigenvalue weighted by molar-refractivity contribution is 0.293. The highest BCUT2D eigenvalue weighted by molar-refractivity contribution is 5.88. The molecule has 1 aliphatic heterocycles. The molecule has 3 atom stereocenters. The van der Waals surface area contributed by atoms with E-state index >= 15 is 0 Å². The van der Waals surface area contributed by atoms with Gasteiger partial charge in [-0.1, -0.05) is 24.2 Å². The standard InChI is InChI=1S/C22H28N2O5/c1-13-16(24-25)12-17(14-6-8-18(26-2)20(10-14)28-4)23-22(13)15-7-9-19(27-3)21(11-15)29-5/h6-11,13,17,22-23,25H,12H2,1-5H3/b24-16-. The maximum Gasteiger partial charge on any atom is 0.161 e. The molecule has 0 aliphatic carbocycles. The van der Waals surface area contributed by atoms with Crippen LogP contribution in [0.4, 0.5) is 0 Å². The summed E-state index contributed by atoms with van der Waals surface area (Å²) >= 11 is 0. The Morgan fingerprint density at radius 3 is 1.86 bits per heavy atom. The van der Waals surface area contributed by atoms with E-state index in [0.29, 0.717) is 29.4 Å². The van der Waals surface area contributed by atoms with Gasteiger partial charge in [-0.05, 0) is 35.4 Å². The van der Waals surface area contributed by atoms with Gasteiger partial charge in [0.2, 0.25) is 0 Å². The number of benzene rings is 2. The van der Waals surface area contributed by atoms with Gasteiger partial charge in [-0.15, -0.1) is 0 Å². The summed E-state index contributed by atoms with van der Waals surface area (Å²) in [5, 5.41) is 16.9. The summed E-state index contributed by atoms with van der Waals surface area (Å²) in [6.45, 7) is 2.05. The van der Waals surface area contributed by atoms with Crippen molar-refractivity contribution in [1.29, 1.82) is 0 Å². The van der Waals surface area contributed by atoms with Crippen LogP contribution in [-0.2, 0) is 0 Å². The van der Waals surface area contributed by atoms with E-state index in [1.165, 1.54) is 0 Å². The van der Waals surface area contributed by atoms with Crippen LogP contribution < -0.4 is 24.3 Å². The lowest BCUT2D eigenvalue weighted by Crippen LogP contribution is -2.41. The largest absolute Gasteiger partial charge is 0.493 e. The minimum atomic E-state index is -0.0625. The lowest BCUT2D eigenvalue weighted by atomic mass is 9.81. The number of hydrogen-bond acceptors (Lipinski definition) is 7. The Morgan fingerprint density at radius 2 is 1.34 bits per heavy atom. The second-order valence-electron chi connectivity index (χ2n) is 7.01. The number of oxime groups is 1. The number of piperidine rings is 1. The van der Waals surface area contributed by atoms with Gasteiger partial charge in [-0.2, -0.15) is 0 Å². The molecule has 0 spiro atoms. The fraction of sp³-hybridized carbons (Fsp3) is 0.409. The molecule has 3 unspecified atom stereocenters. The molecule has 0 aromatic heterocycles. The fourth-order valence-corrected chi connectivity index (χ4v) is 3.85. The van der Waals surface area contributed by atoms with Crippen molar-refractivity contribution < 1.29 is 24.2 Å². The van der Waals surface area contributed by atoms with Gasteiger partial charge in [0, 0.05) is 24.4 Å². The van der Waals surface area contributed by atoms with Gasteiger partial charge in [0.25, 0.3) is 0 Å². The molecule has 0 saturated carbocycles. The van der Waals surface area contributed by atoms with Crippen molar-refractivity contribution in [2.45, 2.75) is 25.4 Å². The van der Waals surface area contributed by atoms with E-state index in [1.54, 1.807) is 28.4 Å². The fourth-order valence-electron chi connectivity index (χ4n) is 3.85. The third-order valence-electron chi connectivity index (χ3n) is 5.52. The number of ether oxygens (including phenoxy) is 4. The Bertz CT molecular complexity index is 884. The summed E-state index contributed by atoms with van der Waals surface area (Å²) in [5.74, 6) is 2.68. The van der Waals surface area contributed by atoms with Crippen molar-refractivity contribution in [3.63, 3.8) is 0 Å². The highest BCUT2D eigenvalue weighted by atomic mass is 16.5. The summed E-state index contributed by atoms with van der Waals surface area (Å²) in [6, 6.07) is 11.6. The molecule has 1 saturated heterocycles. The molecule has 156 valence electrons. The van der Waals surface area contributed by atoms with Crippen LogP contribution in [0.5, 0.6) is 23.0 Å². The van der Waals surface area contributed by atoms with Crippen LogP contribution in [0.25, 0.3) is 0 Å². The first kappa shape index (κ1) is 20.8. The van der Waals surface area contributed by atoms with E-state index in [4.69, 9.17) is 18.9 Å². The predicted molar refractivity (Wildman–Crippen MR) is 111 cm³/mol. The second kappa shape index (κ2) is 9.05. The van der Waals surface area contributed by atoms with Gasteiger partial charge in [-0.25, -0.2) is 0 Å². The minimum absolute atomic E-state index is 0.00879. The zero-order valence-electron chi connectivity index (χ0n) is 17.4. The minimum Gasteiger partial charge on any atom is -0.493 e. The molecule has 7 heteroatoms. The first-order chi connectivity index (χ1) is 14.1. The Hall–Kier alpha value is -2.93. The molecule has 0 amide bonds. The van der Waals surface area contributed by atoms with Crippen LogP contribution in [-0.4, -0.2) is 39.4 Å². The van der Waals surface area contributed by atoms with Gasteiger partial charge in [0.05, 0.1) is 34.2 Å². The monoisotopic (exact) mass is 400 g/mol. The van der Waals surface area contributed by atoms with Crippen molar-refractivity contribution in [2.24, 2.45) is 11.1 Å². The summed E-state index contributed by atoms with van der Waals surface area (Å²) < 4.78 is 21.6. The summed E-state index contributed by atoms with van der Waals surface area (Å²) in [6.07, 6.45) is 0.594. The van der Waals surface area contributed by atoms with E-state index in [-0.39, 0.29) is 18.0 Å². The molecule has 29 heavy (non-hydrogen) atoms. The van der Waals surface area contributed by atoms with E-state index in [9.17, 15) is 5.21 Å². The average molecular weight is 400 g/mol. The van der Waals surface area contributed by atoms with Gasteiger partial charge >= 0.3 is 0 Å². The number of hydrogen-bond donors (Lipinski definition) is 2. The highest BCUT2D eigenvalue weighted by Gasteiger charge is 2.34. The zero-order valence-corrected chi connectivity index (χ0v) is 17.4. The molecule has 0 bridgehead atoms. The summed E-state index contributed by atoms with van der Waals surface area (Å²) in [4.78, 5) is 0. The third-order valence-corrected chi connectivity index (χ3v) is 5.52. The van der Waals surface area contributed by atoms with Gasteiger partial charge < -0.3 is 29.5 Å². The predicted octanol–water partition coefficient (Wildman–Crippen LogP) is 3.96. The Labute approximate surface area is 171 Å². The molecule has 7 nitrogen and oxygen atoms in total. The Balaban J connectivity index is 1.97. The lowest BCUT2D eigenvalue weighted by Gasteiger charge is -2.37. The van der Waals surface area contributed by atoms with E-state index in [0.717, 1.165) is 16.8 Å². The number of rotatable bonds is 6. The number of methoxy groups -OCH3 is 4. The Kier molecular flexibility index (Phi) is 6.49. The van der Waals surface area contributed by atoms with Crippen LogP contribution in [0.15, 0.2) is 41.6 Å². The van der Waals surface area contributed by atoms with Gasteiger partial charge in [-0.3, -0.25) is 0 Å². The molecule has 2 aromatic carbocycles. The summed E-state index contributed by atoms with van der Waals surface area (Å²) in [5.41, 5.74) is 2.80. The topological polar surface area (TPSA) is 81.5 Å². The molecule has 1 fully saturated rings. The average Bonchev–Trinajstić information content (AvgIpc) is 2.78. The summed E-state index contributed by atoms with van der Waals surface area (Å²) in [7, 11) is 6.46. The van der Waals surface area contributed by atoms with Crippen LogP contribution in [0, 0.1) is 5.92 Å². The third kappa shape index (κ3) is 4.10. The van der Waals surface area contributed by atoms with Crippen molar-refractivity contribution >= 4 is 5.71 Å². The van der Waals surface area contributed by atoms with E-state index in [2.05, 4.69) is 10.5 Å². The van der Waals surface area contributed by atoms with E-state index < -0.39 is 0 Å². The van der Waals surface area contributed by atoms with Gasteiger partial charge in [0.15, 0.2) is 23.0 Å². The first-order valence-corrected chi connectivity index (χ1v) is 9.47. The smallest absolute Gasteiger partial charge is 0.161 e. The maximum atomic E-state index is 9.63. The highest BCUT2D eigenvalue weighted by Crippen LogP contribution is 2.40. The van der Waals surface area contributed by atoms with Crippen LogP contribution in [0.1, 0.15) is 36.6 Å². The van der Waals surface area contributed by atoms with Crippen LogP contribution in [0.3, 0.4) is 0 Å². The molecular formula is C22H28N2O5. The van der Waals surface area contributed by atoms with Crippen LogP contribution >= 0.6 is 0 Å². The second-order valence-corrected chi connectivity index (χ2v) is 7.01. The van der Waals surface area contributed by atoms with E-state index in [1.807, 2.05) is 43.3 Å². The van der Waals surface area contributed by atoms with Crippen molar-refractivity contribution in [1.82, 2.24) is 5.32 Å². The Morgan fingerprint density at radius 1 is 0.828 bits per heavy atom. The SMILES string of the molecule is COc1ccc(C2C/C(=N/O)C(C)C(c3ccc(OC)c(OC)c3)N2)cc1OC.